The number of nitro groups is 1. The second-order valence-corrected chi connectivity index (χ2v) is 5.05. The molecule has 0 aliphatic heterocycles. The van der Waals surface area contributed by atoms with E-state index in [1.165, 1.54) is 25.3 Å². The van der Waals surface area contributed by atoms with Gasteiger partial charge in [0.2, 0.25) is 0 Å². The van der Waals surface area contributed by atoms with Gasteiger partial charge in [0.05, 0.1) is 4.92 Å². The van der Waals surface area contributed by atoms with Gasteiger partial charge in [0.25, 0.3) is 11.6 Å². The van der Waals surface area contributed by atoms with Crippen LogP contribution in [0.15, 0.2) is 18.2 Å². The lowest BCUT2D eigenvalue weighted by Gasteiger charge is -2.14. The fourth-order valence-corrected chi connectivity index (χ4v) is 2.48. The zero-order valence-corrected chi connectivity index (χ0v) is 11.9. The fraction of sp³-hybridized carbons (Fsp3) is 0.500. The van der Waals surface area contributed by atoms with E-state index >= 15 is 0 Å². The number of nitrogens with one attached hydrogen (secondary N) is 2. The quantitative estimate of drug-likeness (QED) is 0.477. The van der Waals surface area contributed by atoms with Crippen LogP contribution in [0.3, 0.4) is 0 Å². The van der Waals surface area contributed by atoms with E-state index in [-0.39, 0.29) is 24.4 Å². The topological polar surface area (TPSA) is 93.5 Å². The van der Waals surface area contributed by atoms with Gasteiger partial charge in [-0.05, 0) is 25.0 Å². The molecule has 1 aromatic carbocycles. The normalized spacial score (nSPS) is 14.9. The minimum Gasteiger partial charge on any atom is -0.377 e. The van der Waals surface area contributed by atoms with Crippen LogP contribution >= 0.6 is 0 Å². The summed E-state index contributed by atoms with van der Waals surface area (Å²) in [6, 6.07) is 4.57. The van der Waals surface area contributed by atoms with Crippen molar-refractivity contribution in [2.24, 2.45) is 0 Å². The molecule has 1 aromatic rings. The lowest BCUT2D eigenvalue weighted by atomic mass is 10.1. The van der Waals surface area contributed by atoms with Gasteiger partial charge in [0, 0.05) is 24.8 Å². The van der Waals surface area contributed by atoms with Crippen LogP contribution in [0, 0.1) is 10.1 Å². The van der Waals surface area contributed by atoms with Gasteiger partial charge in [-0.2, -0.15) is 0 Å². The molecule has 1 aliphatic carbocycles. The third-order valence-corrected chi connectivity index (χ3v) is 3.55. The minimum absolute atomic E-state index is 0.00908. The van der Waals surface area contributed by atoms with Crippen LogP contribution in [0.5, 0.6) is 0 Å². The predicted molar refractivity (Wildman–Crippen MR) is 78.3 cm³/mol. The standard InChI is InChI=1S/C14H19N3O4/c1-21-9-15-14(18)10-6-7-13(17(19)20)12(8-10)16-11-4-2-3-5-11/h6-8,11,16H,2-5,9H2,1H3,(H,15,18). The summed E-state index contributed by atoms with van der Waals surface area (Å²) in [6.07, 6.45) is 4.24. The summed E-state index contributed by atoms with van der Waals surface area (Å²) >= 11 is 0. The van der Waals surface area contributed by atoms with Crippen molar-refractivity contribution in [1.29, 1.82) is 0 Å². The number of rotatable bonds is 6. The second kappa shape index (κ2) is 7.03. The van der Waals surface area contributed by atoms with Gasteiger partial charge in [0.1, 0.15) is 12.4 Å². The van der Waals surface area contributed by atoms with Crippen LogP contribution in [0.1, 0.15) is 36.0 Å². The minimum atomic E-state index is -0.436. The van der Waals surface area contributed by atoms with Crippen molar-refractivity contribution in [3.8, 4) is 0 Å². The van der Waals surface area contributed by atoms with Gasteiger partial charge in [-0.1, -0.05) is 12.8 Å². The van der Waals surface area contributed by atoms with Crippen molar-refractivity contribution in [2.75, 3.05) is 19.2 Å². The zero-order chi connectivity index (χ0) is 15.2. The molecule has 1 saturated carbocycles. The molecular formula is C14H19N3O4. The molecule has 0 spiro atoms. The number of hydrogen-bond donors (Lipinski definition) is 2. The fourth-order valence-electron chi connectivity index (χ4n) is 2.48. The van der Waals surface area contributed by atoms with Crippen LogP contribution in [0.4, 0.5) is 11.4 Å². The van der Waals surface area contributed by atoms with Crippen LogP contribution < -0.4 is 10.6 Å². The van der Waals surface area contributed by atoms with E-state index < -0.39 is 4.92 Å². The zero-order valence-electron chi connectivity index (χ0n) is 11.9. The Bertz CT molecular complexity index is 527. The second-order valence-electron chi connectivity index (χ2n) is 5.05. The van der Waals surface area contributed by atoms with Gasteiger partial charge in [0.15, 0.2) is 0 Å². The van der Waals surface area contributed by atoms with E-state index in [0.717, 1.165) is 25.7 Å². The van der Waals surface area contributed by atoms with Crippen molar-refractivity contribution < 1.29 is 14.5 Å². The predicted octanol–water partition coefficient (Wildman–Crippen LogP) is 2.28. The van der Waals surface area contributed by atoms with E-state index in [0.29, 0.717) is 11.3 Å². The van der Waals surface area contributed by atoms with Crippen molar-refractivity contribution in [3.63, 3.8) is 0 Å². The lowest BCUT2D eigenvalue weighted by Crippen LogP contribution is -2.25. The van der Waals surface area contributed by atoms with Crippen molar-refractivity contribution in [1.82, 2.24) is 5.32 Å². The first-order valence-corrected chi connectivity index (χ1v) is 6.94. The van der Waals surface area contributed by atoms with Gasteiger partial charge < -0.3 is 15.4 Å². The number of anilines is 1. The smallest absolute Gasteiger partial charge is 0.292 e. The van der Waals surface area contributed by atoms with Crippen LogP contribution in [0.25, 0.3) is 0 Å². The highest BCUT2D eigenvalue weighted by atomic mass is 16.6. The molecule has 0 unspecified atom stereocenters. The SMILES string of the molecule is COCNC(=O)c1ccc([N+](=O)[O-])c(NC2CCCC2)c1. The molecule has 2 rings (SSSR count). The average molecular weight is 293 g/mol. The molecule has 0 radical (unpaired) electrons. The van der Waals surface area contributed by atoms with Crippen molar-refractivity contribution in [2.45, 2.75) is 31.7 Å². The maximum absolute atomic E-state index is 11.9. The Morgan fingerprint density at radius 2 is 2.14 bits per heavy atom. The first kappa shape index (κ1) is 15.2. The average Bonchev–Trinajstić information content (AvgIpc) is 2.97. The summed E-state index contributed by atoms with van der Waals surface area (Å²) in [7, 11) is 1.48. The van der Waals surface area contributed by atoms with E-state index in [1.54, 1.807) is 0 Å². The van der Waals surface area contributed by atoms with Gasteiger partial charge in [-0.3, -0.25) is 14.9 Å². The molecule has 1 aliphatic rings. The molecule has 0 aromatic heterocycles. The molecule has 21 heavy (non-hydrogen) atoms. The Labute approximate surface area is 122 Å². The number of amides is 1. The summed E-state index contributed by atoms with van der Waals surface area (Å²) in [5.74, 6) is -0.318. The number of ether oxygens (including phenoxy) is 1. The highest BCUT2D eigenvalue weighted by Gasteiger charge is 2.21. The number of benzene rings is 1. The molecule has 2 N–H and O–H groups in total. The van der Waals surface area contributed by atoms with Gasteiger partial charge in [-0.25, -0.2) is 0 Å². The van der Waals surface area contributed by atoms with Crippen LogP contribution in [0.2, 0.25) is 0 Å². The molecule has 0 heterocycles. The molecule has 0 atom stereocenters. The molecular weight excluding hydrogens is 274 g/mol. The number of nitrogens with zero attached hydrogens (tertiary/aromatic N) is 1. The van der Waals surface area contributed by atoms with E-state index in [9.17, 15) is 14.9 Å². The third kappa shape index (κ3) is 3.91. The summed E-state index contributed by atoms with van der Waals surface area (Å²) in [5, 5.41) is 16.8. The Morgan fingerprint density at radius 3 is 2.76 bits per heavy atom. The lowest BCUT2D eigenvalue weighted by molar-refractivity contribution is -0.384. The molecule has 1 amide bonds. The van der Waals surface area contributed by atoms with Gasteiger partial charge >= 0.3 is 0 Å². The van der Waals surface area contributed by atoms with Gasteiger partial charge in [-0.15, -0.1) is 0 Å². The van der Waals surface area contributed by atoms with E-state index in [4.69, 9.17) is 4.74 Å². The van der Waals surface area contributed by atoms with Crippen LogP contribution in [-0.4, -0.2) is 30.7 Å². The monoisotopic (exact) mass is 293 g/mol. The Balaban J connectivity index is 2.20. The van der Waals surface area contributed by atoms with E-state index in [2.05, 4.69) is 10.6 Å². The summed E-state index contributed by atoms with van der Waals surface area (Å²) < 4.78 is 4.78. The molecule has 0 saturated heterocycles. The Hall–Kier alpha value is -2.15. The molecule has 7 heteroatoms. The molecule has 0 bridgehead atoms. The van der Waals surface area contributed by atoms with E-state index in [1.807, 2.05) is 0 Å². The number of carbonyl (C=O) groups excluding carboxylic acids is 1. The highest BCUT2D eigenvalue weighted by molar-refractivity contribution is 5.95. The highest BCUT2D eigenvalue weighted by Crippen LogP contribution is 2.29. The molecule has 114 valence electrons. The molecule has 1 fully saturated rings. The first-order chi connectivity index (χ1) is 10.1. The molecule has 7 nitrogen and oxygen atoms in total. The Morgan fingerprint density at radius 1 is 1.43 bits per heavy atom. The number of carbonyl (C=O) groups is 1. The third-order valence-electron chi connectivity index (χ3n) is 3.55. The van der Waals surface area contributed by atoms with Crippen LogP contribution in [-0.2, 0) is 4.74 Å². The first-order valence-electron chi connectivity index (χ1n) is 6.94. The largest absolute Gasteiger partial charge is 0.377 e. The maximum atomic E-state index is 11.9. The van der Waals surface area contributed by atoms with Crippen molar-refractivity contribution in [3.05, 3.63) is 33.9 Å². The summed E-state index contributed by atoms with van der Waals surface area (Å²) in [4.78, 5) is 22.5. The van der Waals surface area contributed by atoms with Crippen molar-refractivity contribution >= 4 is 17.3 Å². The number of nitro benzene ring substituents is 1. The maximum Gasteiger partial charge on any atom is 0.292 e. The number of hydrogen-bond acceptors (Lipinski definition) is 5. The number of methoxy groups -OCH3 is 1. The summed E-state index contributed by atoms with van der Waals surface area (Å²) in [5.41, 5.74) is 0.764. The summed E-state index contributed by atoms with van der Waals surface area (Å²) in [6.45, 7) is 0.0984. The Kier molecular flexibility index (Phi) is 5.10.